The number of para-hydroxylation sites is 1. The zero-order valence-corrected chi connectivity index (χ0v) is 10.6. The molecule has 1 fully saturated rings. The fraction of sp³-hybridized carbons (Fsp3) is 0.571. The van der Waals surface area contributed by atoms with Gasteiger partial charge >= 0.3 is 0 Å². The molecule has 0 amide bonds. The topological polar surface area (TPSA) is 38.5 Å². The van der Waals surface area contributed by atoms with Gasteiger partial charge in [0.2, 0.25) is 0 Å². The molecule has 0 aliphatic carbocycles. The van der Waals surface area contributed by atoms with Crippen LogP contribution >= 0.6 is 0 Å². The molecule has 0 saturated carbocycles. The molecule has 2 N–H and O–H groups in total. The van der Waals surface area contributed by atoms with E-state index in [1.807, 2.05) is 6.07 Å². The maximum Gasteiger partial charge on any atom is 0.122 e. The van der Waals surface area contributed by atoms with Crippen molar-refractivity contribution in [1.82, 2.24) is 4.90 Å². The smallest absolute Gasteiger partial charge is 0.122 e. The van der Waals surface area contributed by atoms with Crippen molar-refractivity contribution >= 4 is 0 Å². The Morgan fingerprint density at radius 1 is 1.41 bits per heavy atom. The van der Waals surface area contributed by atoms with Crippen molar-refractivity contribution in [1.29, 1.82) is 0 Å². The van der Waals surface area contributed by atoms with Crippen LogP contribution in [0.15, 0.2) is 24.3 Å². The number of nitrogens with two attached hydrogens (primary N) is 1. The quantitative estimate of drug-likeness (QED) is 0.844. The number of likely N-dealkylation sites (tertiary alicyclic amines) is 1. The van der Waals surface area contributed by atoms with Gasteiger partial charge in [0.15, 0.2) is 0 Å². The lowest BCUT2D eigenvalue weighted by Gasteiger charge is -2.17. The monoisotopic (exact) mass is 234 g/mol. The number of methoxy groups -OCH3 is 1. The molecule has 1 aliphatic heterocycles. The fourth-order valence-corrected chi connectivity index (χ4v) is 2.61. The van der Waals surface area contributed by atoms with Gasteiger partial charge in [0.1, 0.15) is 5.75 Å². The molecule has 1 aromatic carbocycles. The van der Waals surface area contributed by atoms with Crippen LogP contribution < -0.4 is 10.5 Å². The van der Waals surface area contributed by atoms with Gasteiger partial charge in [-0.25, -0.2) is 0 Å². The summed E-state index contributed by atoms with van der Waals surface area (Å²) in [6.45, 7) is 4.24. The number of benzene rings is 1. The second-order valence-corrected chi connectivity index (χ2v) is 4.67. The lowest BCUT2D eigenvalue weighted by Crippen LogP contribution is -2.23. The normalized spacial score (nSPS) is 20.7. The van der Waals surface area contributed by atoms with Crippen LogP contribution in [0.1, 0.15) is 24.3 Å². The summed E-state index contributed by atoms with van der Waals surface area (Å²) in [4.78, 5) is 2.50. The number of hydrogen-bond donors (Lipinski definition) is 1. The zero-order chi connectivity index (χ0) is 12.1. The highest BCUT2D eigenvalue weighted by Gasteiger charge is 2.25. The molecule has 1 heterocycles. The van der Waals surface area contributed by atoms with Crippen molar-refractivity contribution in [2.75, 3.05) is 33.3 Å². The summed E-state index contributed by atoms with van der Waals surface area (Å²) in [6.07, 6.45) is 2.32. The molecule has 0 radical (unpaired) electrons. The van der Waals surface area contributed by atoms with Crippen LogP contribution in [0.4, 0.5) is 0 Å². The molecule has 3 nitrogen and oxygen atoms in total. The fourth-order valence-electron chi connectivity index (χ4n) is 2.61. The van der Waals surface area contributed by atoms with Gasteiger partial charge in [-0.2, -0.15) is 0 Å². The molecule has 1 aromatic rings. The number of hydrogen-bond acceptors (Lipinski definition) is 3. The first-order chi connectivity index (χ1) is 8.35. The lowest BCUT2D eigenvalue weighted by atomic mass is 9.97. The average molecular weight is 234 g/mol. The highest BCUT2D eigenvalue weighted by Crippen LogP contribution is 2.33. The first-order valence-corrected chi connectivity index (χ1v) is 6.40. The molecule has 2 rings (SSSR count). The Labute approximate surface area is 104 Å². The predicted molar refractivity (Wildman–Crippen MR) is 70.5 cm³/mol. The van der Waals surface area contributed by atoms with Crippen LogP contribution in [0.25, 0.3) is 0 Å². The molecule has 1 atom stereocenters. The third-order valence-corrected chi connectivity index (χ3v) is 3.53. The third kappa shape index (κ3) is 2.99. The highest BCUT2D eigenvalue weighted by atomic mass is 16.5. The predicted octanol–water partition coefficient (Wildman–Crippen LogP) is 1.83. The summed E-state index contributed by atoms with van der Waals surface area (Å²) in [6, 6.07) is 8.37. The zero-order valence-electron chi connectivity index (χ0n) is 10.6. The van der Waals surface area contributed by atoms with Crippen molar-refractivity contribution < 1.29 is 4.74 Å². The van der Waals surface area contributed by atoms with Crippen molar-refractivity contribution in [2.24, 2.45) is 5.73 Å². The van der Waals surface area contributed by atoms with Crippen LogP contribution in [0.5, 0.6) is 5.75 Å². The van der Waals surface area contributed by atoms with E-state index in [9.17, 15) is 0 Å². The Morgan fingerprint density at radius 2 is 2.24 bits per heavy atom. The second-order valence-electron chi connectivity index (χ2n) is 4.67. The van der Waals surface area contributed by atoms with Crippen molar-refractivity contribution in [3.05, 3.63) is 29.8 Å². The van der Waals surface area contributed by atoms with Gasteiger partial charge in [-0.3, -0.25) is 0 Å². The Bertz CT molecular complexity index is 354. The first-order valence-electron chi connectivity index (χ1n) is 6.40. The van der Waals surface area contributed by atoms with E-state index in [0.29, 0.717) is 5.92 Å². The number of nitrogens with zero attached hydrogens (tertiary/aromatic N) is 1. The summed E-state index contributed by atoms with van der Waals surface area (Å²) >= 11 is 0. The molecule has 94 valence electrons. The van der Waals surface area contributed by atoms with Crippen LogP contribution in [0.2, 0.25) is 0 Å². The van der Waals surface area contributed by atoms with Crippen LogP contribution in [-0.4, -0.2) is 38.2 Å². The van der Waals surface area contributed by atoms with E-state index in [1.54, 1.807) is 7.11 Å². The summed E-state index contributed by atoms with van der Waals surface area (Å²) < 4.78 is 5.44. The average Bonchev–Trinajstić information content (AvgIpc) is 2.85. The Kier molecular flexibility index (Phi) is 4.40. The maximum atomic E-state index is 5.55. The number of ether oxygens (including phenoxy) is 1. The Balaban J connectivity index is 1.99. The van der Waals surface area contributed by atoms with Crippen LogP contribution in [-0.2, 0) is 0 Å². The molecule has 1 aliphatic rings. The number of rotatable bonds is 5. The Morgan fingerprint density at radius 3 is 3.00 bits per heavy atom. The van der Waals surface area contributed by atoms with Crippen LogP contribution in [0.3, 0.4) is 0 Å². The van der Waals surface area contributed by atoms with Crippen LogP contribution in [0, 0.1) is 0 Å². The van der Waals surface area contributed by atoms with Gasteiger partial charge in [-0.1, -0.05) is 18.2 Å². The van der Waals surface area contributed by atoms with E-state index in [-0.39, 0.29) is 0 Å². The van der Waals surface area contributed by atoms with E-state index >= 15 is 0 Å². The minimum atomic E-state index is 0.615. The van der Waals surface area contributed by atoms with Gasteiger partial charge < -0.3 is 15.4 Å². The van der Waals surface area contributed by atoms with E-state index in [2.05, 4.69) is 23.1 Å². The molecule has 1 saturated heterocycles. The standard InChI is InChI=1S/C14H22N2O/c1-17-14-6-3-2-5-13(14)12-7-10-16(11-12)9-4-8-15/h2-3,5-6,12H,4,7-11,15H2,1H3/t12-/m0/s1. The minimum Gasteiger partial charge on any atom is -0.496 e. The summed E-state index contributed by atoms with van der Waals surface area (Å²) in [5.41, 5.74) is 6.90. The second kappa shape index (κ2) is 6.03. The molecule has 0 aromatic heterocycles. The van der Waals surface area contributed by atoms with E-state index in [4.69, 9.17) is 10.5 Å². The largest absolute Gasteiger partial charge is 0.496 e. The first kappa shape index (κ1) is 12.4. The van der Waals surface area contributed by atoms with Crippen molar-refractivity contribution in [2.45, 2.75) is 18.8 Å². The lowest BCUT2D eigenvalue weighted by molar-refractivity contribution is 0.330. The van der Waals surface area contributed by atoms with Gasteiger partial charge in [0, 0.05) is 12.5 Å². The van der Waals surface area contributed by atoms with Gasteiger partial charge in [0.25, 0.3) is 0 Å². The summed E-state index contributed by atoms with van der Waals surface area (Å²) in [5, 5.41) is 0. The van der Waals surface area contributed by atoms with E-state index < -0.39 is 0 Å². The van der Waals surface area contributed by atoms with Gasteiger partial charge in [-0.15, -0.1) is 0 Å². The summed E-state index contributed by atoms with van der Waals surface area (Å²) in [7, 11) is 1.75. The van der Waals surface area contributed by atoms with E-state index in [0.717, 1.165) is 31.8 Å². The summed E-state index contributed by atoms with van der Waals surface area (Å²) in [5.74, 6) is 1.64. The SMILES string of the molecule is COc1ccccc1[C@H]1CCN(CCCN)C1. The molecular formula is C14H22N2O. The minimum absolute atomic E-state index is 0.615. The Hall–Kier alpha value is -1.06. The molecule has 0 spiro atoms. The van der Waals surface area contributed by atoms with E-state index in [1.165, 1.54) is 18.5 Å². The molecule has 0 unspecified atom stereocenters. The van der Waals surface area contributed by atoms with Gasteiger partial charge in [0.05, 0.1) is 7.11 Å². The molecule has 17 heavy (non-hydrogen) atoms. The highest BCUT2D eigenvalue weighted by molar-refractivity contribution is 5.36. The maximum absolute atomic E-state index is 5.55. The third-order valence-electron chi connectivity index (χ3n) is 3.53. The molecule has 3 heteroatoms. The van der Waals surface area contributed by atoms with Gasteiger partial charge in [-0.05, 0) is 44.1 Å². The molecular weight excluding hydrogens is 212 g/mol. The van der Waals surface area contributed by atoms with Crippen molar-refractivity contribution in [3.8, 4) is 5.75 Å². The molecule has 0 bridgehead atoms. The van der Waals surface area contributed by atoms with Crippen molar-refractivity contribution in [3.63, 3.8) is 0 Å².